The second-order valence-corrected chi connectivity index (χ2v) is 11.1. The second-order valence-electron chi connectivity index (χ2n) is 9.01. The number of sulfone groups is 1. The van der Waals surface area contributed by atoms with Crippen LogP contribution in [0, 0.1) is 11.8 Å². The van der Waals surface area contributed by atoms with Gasteiger partial charge in [0.1, 0.15) is 11.5 Å². The monoisotopic (exact) mass is 561 g/mol. The number of hydrogen-bond acceptors (Lipinski definition) is 9. The Morgan fingerprint density at radius 1 is 0.846 bits per heavy atom. The molecule has 1 aliphatic heterocycles. The molecule has 0 aromatic heterocycles. The van der Waals surface area contributed by atoms with Gasteiger partial charge in [-0.05, 0) is 61.1 Å². The molecule has 2 aromatic rings. The van der Waals surface area contributed by atoms with Crippen LogP contribution in [0.25, 0.3) is 0 Å². The summed E-state index contributed by atoms with van der Waals surface area (Å²) in [5.41, 5.74) is 7.04. The first-order valence-electron chi connectivity index (χ1n) is 13.1. The Bertz CT molecular complexity index is 1260. The summed E-state index contributed by atoms with van der Waals surface area (Å²) in [5.74, 6) is 7.70. The van der Waals surface area contributed by atoms with E-state index in [-0.39, 0.29) is 41.8 Å². The van der Waals surface area contributed by atoms with Crippen LogP contribution >= 0.6 is 0 Å². The summed E-state index contributed by atoms with van der Waals surface area (Å²) < 4.78 is 61.5. The first-order chi connectivity index (χ1) is 18.8. The van der Waals surface area contributed by atoms with Crippen LogP contribution in [-0.2, 0) is 14.6 Å². The molecule has 1 saturated heterocycles. The van der Waals surface area contributed by atoms with Crippen LogP contribution in [0.5, 0.6) is 28.7 Å². The van der Waals surface area contributed by atoms with Gasteiger partial charge in [-0.25, -0.2) is 8.42 Å². The van der Waals surface area contributed by atoms with E-state index in [1.165, 1.54) is 0 Å². The summed E-state index contributed by atoms with van der Waals surface area (Å²) in [7, 11) is 1.06. The van der Waals surface area contributed by atoms with Crippen LogP contribution in [0.1, 0.15) is 62.9 Å². The van der Waals surface area contributed by atoms with Crippen LogP contribution in [0.2, 0.25) is 0 Å². The number of rotatable bonds is 13. The van der Waals surface area contributed by atoms with E-state index in [1.807, 2.05) is 26.0 Å². The van der Waals surface area contributed by atoms with Crippen LogP contribution in [0.4, 0.5) is 0 Å². The molecule has 0 radical (unpaired) electrons. The van der Waals surface area contributed by atoms with Gasteiger partial charge < -0.3 is 34.2 Å². The highest BCUT2D eigenvalue weighted by Gasteiger charge is 2.32. The predicted octanol–water partition coefficient (Wildman–Crippen LogP) is 4.62. The molecule has 2 N–H and O–H groups in total. The van der Waals surface area contributed by atoms with E-state index >= 15 is 0 Å². The molecular weight excluding hydrogens is 522 g/mol. The fraction of sp³-hybridized carbons (Fsp3) is 0.517. The number of nitrogens with two attached hydrogens (primary N) is 1. The first-order valence-corrected chi connectivity index (χ1v) is 14.8. The second kappa shape index (κ2) is 14.3. The van der Waals surface area contributed by atoms with Crippen LogP contribution in [0.15, 0.2) is 29.2 Å². The minimum atomic E-state index is -3.64. The molecular formula is C29H39NO8S. The van der Waals surface area contributed by atoms with Gasteiger partial charge in [0, 0.05) is 0 Å². The van der Waals surface area contributed by atoms with Gasteiger partial charge in [-0.3, -0.25) is 0 Å². The van der Waals surface area contributed by atoms with Crippen molar-refractivity contribution in [2.75, 3.05) is 46.8 Å². The largest absolute Gasteiger partial charge is 0.493 e. The number of benzene rings is 2. The smallest absolute Gasteiger partial charge is 0.203 e. The maximum absolute atomic E-state index is 13.3. The Morgan fingerprint density at radius 3 is 2.00 bits per heavy atom. The minimum absolute atomic E-state index is 0.00898. The van der Waals surface area contributed by atoms with Gasteiger partial charge in [-0.15, -0.1) is 0 Å². The summed E-state index contributed by atoms with van der Waals surface area (Å²) in [4.78, 5) is 0.108. The van der Waals surface area contributed by atoms with Crippen molar-refractivity contribution < 1.29 is 36.8 Å². The van der Waals surface area contributed by atoms with E-state index in [4.69, 9.17) is 34.2 Å². The van der Waals surface area contributed by atoms with E-state index in [1.54, 1.807) is 33.5 Å². The fourth-order valence-corrected chi connectivity index (χ4v) is 6.01. The van der Waals surface area contributed by atoms with Crippen molar-refractivity contribution in [3.05, 3.63) is 35.4 Å². The molecule has 0 unspecified atom stereocenters. The average molecular weight is 562 g/mol. The fourth-order valence-electron chi connectivity index (χ4n) is 4.50. The van der Waals surface area contributed by atoms with Crippen molar-refractivity contribution in [1.82, 2.24) is 0 Å². The van der Waals surface area contributed by atoms with Gasteiger partial charge >= 0.3 is 0 Å². The maximum Gasteiger partial charge on any atom is 0.203 e. The zero-order valence-corrected chi connectivity index (χ0v) is 24.2. The molecule has 0 saturated carbocycles. The molecule has 0 bridgehead atoms. The lowest BCUT2D eigenvalue weighted by molar-refractivity contribution is 0.0435. The molecule has 39 heavy (non-hydrogen) atoms. The topological polar surface area (TPSA) is 116 Å². The van der Waals surface area contributed by atoms with Gasteiger partial charge in [0.2, 0.25) is 5.75 Å². The number of methoxy groups -OCH3 is 3. The quantitative estimate of drug-likeness (QED) is 0.350. The number of ether oxygens (including phenoxy) is 6. The van der Waals surface area contributed by atoms with Crippen molar-refractivity contribution in [3.8, 4) is 40.6 Å². The Hall–Kier alpha value is -3.13. The zero-order chi connectivity index (χ0) is 28.4. The molecule has 2 aromatic carbocycles. The summed E-state index contributed by atoms with van der Waals surface area (Å²) in [6, 6.07) is 7.20. The maximum atomic E-state index is 13.3. The average Bonchev–Trinajstić information content (AvgIpc) is 3.43. The molecule has 0 spiro atoms. The molecule has 1 fully saturated rings. The normalized spacial score (nSPS) is 16.8. The highest BCUT2D eigenvalue weighted by Crippen LogP contribution is 2.48. The molecule has 2 atom stereocenters. The number of hydrogen-bond donors (Lipinski definition) is 1. The highest BCUT2D eigenvalue weighted by molar-refractivity contribution is 7.91. The van der Waals surface area contributed by atoms with E-state index in [2.05, 4.69) is 11.8 Å². The molecule has 1 aliphatic rings. The minimum Gasteiger partial charge on any atom is -0.493 e. The van der Waals surface area contributed by atoms with Gasteiger partial charge in [0.05, 0.1) is 52.4 Å². The van der Waals surface area contributed by atoms with E-state index in [0.717, 1.165) is 5.56 Å². The predicted molar refractivity (Wildman–Crippen MR) is 149 cm³/mol. The SMILES string of the molecule is CCCOc1c(OCC#CCN)cc([C@@H]2CC[C@@H](c3cc(OC)c(OC)c(OC)c3)O2)cc1S(=O)(=O)CCC. The molecule has 10 heteroatoms. The summed E-state index contributed by atoms with van der Waals surface area (Å²) in [6.07, 6.45) is 1.96. The summed E-state index contributed by atoms with van der Waals surface area (Å²) in [5, 5.41) is 0. The van der Waals surface area contributed by atoms with Crippen LogP contribution in [0.3, 0.4) is 0 Å². The Labute approximate surface area is 231 Å². The molecule has 9 nitrogen and oxygen atoms in total. The molecule has 3 rings (SSSR count). The highest BCUT2D eigenvalue weighted by atomic mass is 32.2. The van der Waals surface area contributed by atoms with Crippen molar-refractivity contribution in [3.63, 3.8) is 0 Å². The lowest BCUT2D eigenvalue weighted by Gasteiger charge is -2.21. The van der Waals surface area contributed by atoms with Crippen molar-refractivity contribution >= 4 is 9.84 Å². The first kappa shape index (κ1) is 30.4. The van der Waals surface area contributed by atoms with Gasteiger partial charge in [-0.2, -0.15) is 0 Å². The van der Waals surface area contributed by atoms with E-state index in [0.29, 0.717) is 60.9 Å². The molecule has 0 amide bonds. The Balaban J connectivity index is 2.02. The Kier molecular flexibility index (Phi) is 11.2. The van der Waals surface area contributed by atoms with E-state index < -0.39 is 9.84 Å². The third-order valence-corrected chi connectivity index (χ3v) is 8.20. The van der Waals surface area contributed by atoms with Crippen LogP contribution in [-0.4, -0.2) is 55.3 Å². The lowest BCUT2D eigenvalue weighted by atomic mass is 10.0. The van der Waals surface area contributed by atoms with E-state index in [9.17, 15) is 8.42 Å². The van der Waals surface area contributed by atoms with Crippen molar-refractivity contribution in [2.45, 2.75) is 56.6 Å². The third kappa shape index (κ3) is 7.29. The lowest BCUT2D eigenvalue weighted by Crippen LogP contribution is -2.12. The van der Waals surface area contributed by atoms with Gasteiger partial charge in [0.25, 0.3) is 0 Å². The summed E-state index contributed by atoms with van der Waals surface area (Å²) >= 11 is 0. The standard InChI is InChI=1S/C29H39NO8S/c1-6-13-37-29-26(36-14-9-8-12-30)18-21(19-27(29)39(31,32)15-7-2)23-11-10-22(38-23)20-16-24(33-3)28(35-5)25(17-20)34-4/h16-19,22-23H,6-7,10-15,30H2,1-5H3/t22-,23-/m0/s1. The molecule has 214 valence electrons. The van der Waals surface area contributed by atoms with Crippen molar-refractivity contribution in [1.29, 1.82) is 0 Å². The summed E-state index contributed by atoms with van der Waals surface area (Å²) in [6.45, 7) is 4.39. The van der Waals surface area contributed by atoms with Crippen LogP contribution < -0.4 is 29.4 Å². The van der Waals surface area contributed by atoms with Gasteiger partial charge in [-0.1, -0.05) is 25.7 Å². The van der Waals surface area contributed by atoms with Gasteiger partial charge in [0.15, 0.2) is 32.8 Å². The molecule has 1 heterocycles. The third-order valence-electron chi connectivity index (χ3n) is 6.28. The van der Waals surface area contributed by atoms with Crippen molar-refractivity contribution in [2.24, 2.45) is 5.73 Å². The molecule has 0 aliphatic carbocycles. The Morgan fingerprint density at radius 2 is 1.46 bits per heavy atom. The zero-order valence-electron chi connectivity index (χ0n) is 23.4.